The summed E-state index contributed by atoms with van der Waals surface area (Å²) in [5.41, 5.74) is 4.59. The third kappa shape index (κ3) is 2.54. The van der Waals surface area contributed by atoms with Gasteiger partial charge in [-0.3, -0.25) is 4.68 Å². The number of nitrogens with two attached hydrogens (primary N) is 1. The highest BCUT2D eigenvalue weighted by molar-refractivity contribution is 5.49. The molecule has 0 aliphatic rings. The van der Waals surface area contributed by atoms with Gasteiger partial charge in [0.25, 0.3) is 0 Å². The van der Waals surface area contributed by atoms with E-state index in [4.69, 9.17) is 11.0 Å². The number of alkyl halides is 3. The highest BCUT2D eigenvalue weighted by Gasteiger charge is 2.37. The maximum Gasteiger partial charge on any atom is 0.437 e. The lowest BCUT2D eigenvalue weighted by Crippen LogP contribution is -2.10. The van der Waals surface area contributed by atoms with Crippen LogP contribution in [0.1, 0.15) is 22.8 Å². The minimum atomic E-state index is -4.60. The van der Waals surface area contributed by atoms with Gasteiger partial charge in [-0.25, -0.2) is 0 Å². The van der Waals surface area contributed by atoms with Gasteiger partial charge in [-0.15, -0.1) is 5.10 Å². The number of rotatable bonds is 2. The molecule has 9 heteroatoms. The summed E-state index contributed by atoms with van der Waals surface area (Å²) in [6, 6.07) is 4.72. The van der Waals surface area contributed by atoms with Crippen LogP contribution in [-0.4, -0.2) is 20.0 Å². The van der Waals surface area contributed by atoms with Crippen LogP contribution in [0.5, 0.6) is 0 Å². The number of nitrogen functional groups attached to an aromatic ring is 1. The van der Waals surface area contributed by atoms with Crippen molar-refractivity contribution in [3.05, 3.63) is 34.9 Å². The normalized spacial score (nSPS) is 11.3. The van der Waals surface area contributed by atoms with Crippen molar-refractivity contribution in [3.8, 4) is 6.07 Å². The molecular formula is C11H9F3N6. The molecule has 0 amide bonds. The second kappa shape index (κ2) is 4.80. The molecule has 0 spiro atoms. The monoisotopic (exact) mass is 282 g/mol. The lowest BCUT2D eigenvalue weighted by molar-refractivity contribution is -0.140. The average Bonchev–Trinajstić information content (AvgIpc) is 2.68. The summed E-state index contributed by atoms with van der Waals surface area (Å²) in [6.45, 7) is 1.43. The predicted octanol–water partition coefficient (Wildman–Crippen LogP) is 1.50. The summed E-state index contributed by atoms with van der Waals surface area (Å²) in [5.74, 6) is 0. The minimum absolute atomic E-state index is 0.00911. The molecular weight excluding hydrogens is 273 g/mol. The Hall–Kier alpha value is -2.63. The largest absolute Gasteiger partial charge is 0.437 e. The number of hydrogen-bond donors (Lipinski definition) is 1. The molecule has 104 valence electrons. The zero-order valence-corrected chi connectivity index (χ0v) is 10.3. The maximum atomic E-state index is 12.7. The van der Waals surface area contributed by atoms with Crippen LogP contribution in [0.2, 0.25) is 0 Å². The van der Waals surface area contributed by atoms with E-state index >= 15 is 0 Å². The molecule has 2 N–H and O–H groups in total. The Bertz CT molecular complexity index is 665. The van der Waals surface area contributed by atoms with E-state index in [1.165, 1.54) is 19.1 Å². The Morgan fingerprint density at radius 3 is 2.50 bits per heavy atom. The number of hydrogen-bond acceptors (Lipinski definition) is 5. The van der Waals surface area contributed by atoms with Gasteiger partial charge in [0.15, 0.2) is 11.4 Å². The van der Waals surface area contributed by atoms with E-state index in [0.717, 1.165) is 4.68 Å². The fourth-order valence-electron chi connectivity index (χ4n) is 1.58. The summed E-state index contributed by atoms with van der Waals surface area (Å²) in [7, 11) is 0. The quantitative estimate of drug-likeness (QED) is 0.900. The Labute approximate surface area is 111 Å². The van der Waals surface area contributed by atoms with Crippen molar-refractivity contribution >= 4 is 5.69 Å². The number of halogens is 3. The molecule has 0 bridgehead atoms. The molecule has 2 aromatic heterocycles. The van der Waals surface area contributed by atoms with E-state index in [-0.39, 0.29) is 17.9 Å². The Kier molecular flexibility index (Phi) is 3.31. The first kappa shape index (κ1) is 13.8. The summed E-state index contributed by atoms with van der Waals surface area (Å²) >= 11 is 0. The molecule has 0 saturated carbocycles. The molecule has 0 saturated heterocycles. The van der Waals surface area contributed by atoms with Crippen LogP contribution in [0.25, 0.3) is 0 Å². The second-order valence-corrected chi connectivity index (χ2v) is 4.02. The van der Waals surface area contributed by atoms with Crippen LogP contribution in [0.3, 0.4) is 0 Å². The first-order valence-electron chi connectivity index (χ1n) is 5.45. The molecule has 6 nitrogen and oxygen atoms in total. The molecule has 0 atom stereocenters. The van der Waals surface area contributed by atoms with Crippen LogP contribution >= 0.6 is 0 Å². The van der Waals surface area contributed by atoms with Gasteiger partial charge >= 0.3 is 6.18 Å². The SMILES string of the molecule is Cc1c(N)c(C(F)(F)F)nn1Cc1ccc(C#N)nn1. The maximum absolute atomic E-state index is 12.7. The summed E-state index contributed by atoms with van der Waals surface area (Å²) in [6.07, 6.45) is -4.60. The standard InChI is InChI=1S/C11H9F3N6/c1-6-9(16)10(11(12,13)14)19-20(6)5-8-3-2-7(4-15)17-18-8/h2-3H,5,16H2,1H3. The van der Waals surface area contributed by atoms with Gasteiger partial charge in [-0.05, 0) is 19.1 Å². The van der Waals surface area contributed by atoms with Gasteiger partial charge in [-0.1, -0.05) is 0 Å². The van der Waals surface area contributed by atoms with Gasteiger partial charge in [0.05, 0.1) is 23.6 Å². The summed E-state index contributed by atoms with van der Waals surface area (Å²) in [4.78, 5) is 0. The van der Waals surface area contributed by atoms with Crippen LogP contribution < -0.4 is 5.73 Å². The van der Waals surface area contributed by atoms with Crippen LogP contribution in [0.4, 0.5) is 18.9 Å². The predicted molar refractivity (Wildman–Crippen MR) is 62.2 cm³/mol. The van der Waals surface area contributed by atoms with E-state index in [1.54, 1.807) is 6.07 Å². The lowest BCUT2D eigenvalue weighted by atomic mass is 10.3. The van der Waals surface area contributed by atoms with Crippen molar-refractivity contribution in [1.82, 2.24) is 20.0 Å². The van der Waals surface area contributed by atoms with E-state index in [0.29, 0.717) is 5.69 Å². The smallest absolute Gasteiger partial charge is 0.395 e. The number of nitrogens with zero attached hydrogens (tertiary/aromatic N) is 5. The highest BCUT2D eigenvalue weighted by Crippen LogP contribution is 2.33. The molecule has 0 aromatic carbocycles. The number of nitriles is 1. The molecule has 2 aromatic rings. The van der Waals surface area contributed by atoms with E-state index in [2.05, 4.69) is 15.3 Å². The molecule has 2 heterocycles. The van der Waals surface area contributed by atoms with Crippen molar-refractivity contribution < 1.29 is 13.2 Å². The molecule has 2 rings (SSSR count). The van der Waals surface area contributed by atoms with Gasteiger partial charge in [0.2, 0.25) is 0 Å². The molecule has 0 radical (unpaired) electrons. The van der Waals surface area contributed by atoms with Gasteiger partial charge < -0.3 is 5.73 Å². The lowest BCUT2D eigenvalue weighted by Gasteiger charge is -2.03. The third-order valence-corrected chi connectivity index (χ3v) is 2.67. The van der Waals surface area contributed by atoms with Crippen LogP contribution in [0.15, 0.2) is 12.1 Å². The highest BCUT2D eigenvalue weighted by atomic mass is 19.4. The van der Waals surface area contributed by atoms with Crippen molar-refractivity contribution in [2.75, 3.05) is 5.73 Å². The fraction of sp³-hybridized carbons (Fsp3) is 0.273. The minimum Gasteiger partial charge on any atom is -0.395 e. The van der Waals surface area contributed by atoms with Gasteiger partial charge in [0.1, 0.15) is 6.07 Å². The van der Waals surface area contributed by atoms with Crippen LogP contribution in [-0.2, 0) is 12.7 Å². The topological polar surface area (TPSA) is 93.4 Å². The first-order valence-corrected chi connectivity index (χ1v) is 5.45. The average molecular weight is 282 g/mol. The molecule has 20 heavy (non-hydrogen) atoms. The first-order chi connectivity index (χ1) is 9.32. The second-order valence-electron chi connectivity index (χ2n) is 4.02. The zero-order valence-electron chi connectivity index (χ0n) is 10.3. The molecule has 0 aliphatic carbocycles. The van der Waals surface area contributed by atoms with Gasteiger partial charge in [-0.2, -0.15) is 28.6 Å². The summed E-state index contributed by atoms with van der Waals surface area (Å²) < 4.78 is 39.1. The third-order valence-electron chi connectivity index (χ3n) is 2.67. The fourth-order valence-corrected chi connectivity index (χ4v) is 1.58. The molecule has 0 aliphatic heterocycles. The van der Waals surface area contributed by atoms with Crippen molar-refractivity contribution in [3.63, 3.8) is 0 Å². The Morgan fingerprint density at radius 2 is 2.05 bits per heavy atom. The summed E-state index contributed by atoms with van der Waals surface area (Å²) in [5, 5.41) is 19.4. The zero-order chi connectivity index (χ0) is 14.9. The van der Waals surface area contributed by atoms with Crippen molar-refractivity contribution in [2.24, 2.45) is 0 Å². The Balaban J connectivity index is 2.32. The molecule has 0 fully saturated rings. The van der Waals surface area contributed by atoms with Gasteiger partial charge in [0, 0.05) is 0 Å². The van der Waals surface area contributed by atoms with Crippen molar-refractivity contribution in [1.29, 1.82) is 5.26 Å². The number of anilines is 1. The van der Waals surface area contributed by atoms with E-state index < -0.39 is 17.6 Å². The van der Waals surface area contributed by atoms with E-state index in [1.807, 2.05) is 0 Å². The van der Waals surface area contributed by atoms with Crippen LogP contribution in [0, 0.1) is 18.3 Å². The number of aromatic nitrogens is 4. The van der Waals surface area contributed by atoms with Crippen molar-refractivity contribution in [2.45, 2.75) is 19.6 Å². The van der Waals surface area contributed by atoms with E-state index in [9.17, 15) is 13.2 Å². The Morgan fingerprint density at radius 1 is 1.35 bits per heavy atom. The molecule has 0 unspecified atom stereocenters.